The number of carbonyl (C=O) groups excluding carboxylic acids is 1. The van der Waals surface area contributed by atoms with Crippen molar-refractivity contribution < 1.29 is 4.79 Å². The van der Waals surface area contributed by atoms with Crippen molar-refractivity contribution in [2.45, 2.75) is 19.3 Å². The molecule has 1 unspecified atom stereocenters. The number of hydrogen-bond donors (Lipinski definition) is 2. The summed E-state index contributed by atoms with van der Waals surface area (Å²) >= 11 is 0. The molecule has 0 spiro atoms. The van der Waals surface area contributed by atoms with Gasteiger partial charge in [0.05, 0.1) is 0 Å². The molecule has 0 radical (unpaired) electrons. The Morgan fingerprint density at radius 2 is 2.27 bits per heavy atom. The third kappa shape index (κ3) is 3.47. The van der Waals surface area contributed by atoms with E-state index >= 15 is 0 Å². The van der Waals surface area contributed by atoms with E-state index in [1.54, 1.807) is 0 Å². The van der Waals surface area contributed by atoms with Gasteiger partial charge >= 0.3 is 0 Å². The van der Waals surface area contributed by atoms with Crippen LogP contribution >= 0.6 is 0 Å². The Bertz CT molecular complexity index is 214. The molecule has 0 aromatic carbocycles. The molecule has 4 nitrogen and oxygen atoms in total. The maximum Gasteiger partial charge on any atom is 0.221 e. The minimum absolute atomic E-state index is 0.208. The molecule has 0 aromatic heterocycles. The third-order valence-corrected chi connectivity index (χ3v) is 3.42. The van der Waals surface area contributed by atoms with E-state index in [1.807, 2.05) is 0 Å². The summed E-state index contributed by atoms with van der Waals surface area (Å²) in [6.45, 7) is 6.30. The molecule has 2 aliphatic heterocycles. The standard InChI is InChI=1S/C11H21N3O/c15-11-3-7-14(8-5-13-11)6-2-10-1-4-12-9-10/h10,12H,1-9H2,(H,13,15). The van der Waals surface area contributed by atoms with Crippen molar-refractivity contribution in [3.8, 4) is 0 Å². The average Bonchev–Trinajstić information content (AvgIpc) is 2.66. The van der Waals surface area contributed by atoms with Crippen molar-refractivity contribution in [1.29, 1.82) is 0 Å². The second-order valence-corrected chi connectivity index (χ2v) is 4.59. The minimum atomic E-state index is 0.208. The lowest BCUT2D eigenvalue weighted by atomic mass is 10.0. The van der Waals surface area contributed by atoms with Gasteiger partial charge in [0.1, 0.15) is 0 Å². The van der Waals surface area contributed by atoms with E-state index < -0.39 is 0 Å². The van der Waals surface area contributed by atoms with Crippen LogP contribution in [-0.2, 0) is 4.79 Å². The van der Waals surface area contributed by atoms with Crippen molar-refractivity contribution in [3.05, 3.63) is 0 Å². The summed E-state index contributed by atoms with van der Waals surface area (Å²) in [5.41, 5.74) is 0. The number of carbonyl (C=O) groups is 1. The van der Waals surface area contributed by atoms with Crippen molar-refractivity contribution in [2.75, 3.05) is 39.3 Å². The molecule has 2 saturated heterocycles. The van der Waals surface area contributed by atoms with Gasteiger partial charge in [0, 0.05) is 26.1 Å². The summed E-state index contributed by atoms with van der Waals surface area (Å²) in [6.07, 6.45) is 3.27. The van der Waals surface area contributed by atoms with Gasteiger partial charge in [0.25, 0.3) is 0 Å². The van der Waals surface area contributed by atoms with Crippen LogP contribution in [0.15, 0.2) is 0 Å². The first-order chi connectivity index (χ1) is 7.34. The molecule has 2 N–H and O–H groups in total. The van der Waals surface area contributed by atoms with E-state index in [0.717, 1.165) is 32.1 Å². The lowest BCUT2D eigenvalue weighted by Crippen LogP contribution is -2.30. The molecule has 1 atom stereocenters. The van der Waals surface area contributed by atoms with Crippen LogP contribution in [0.2, 0.25) is 0 Å². The predicted octanol–water partition coefficient (Wildman–Crippen LogP) is -0.192. The number of amides is 1. The monoisotopic (exact) mass is 211 g/mol. The highest BCUT2D eigenvalue weighted by Gasteiger charge is 2.17. The SMILES string of the molecule is O=C1CCN(CCC2CCNC2)CCN1. The van der Waals surface area contributed by atoms with E-state index in [2.05, 4.69) is 15.5 Å². The molecule has 15 heavy (non-hydrogen) atoms. The van der Waals surface area contributed by atoms with Crippen LogP contribution in [0.3, 0.4) is 0 Å². The summed E-state index contributed by atoms with van der Waals surface area (Å²) in [7, 11) is 0. The maximum atomic E-state index is 11.1. The number of hydrogen-bond acceptors (Lipinski definition) is 3. The Labute approximate surface area is 91.4 Å². The van der Waals surface area contributed by atoms with Gasteiger partial charge in [-0.1, -0.05) is 0 Å². The largest absolute Gasteiger partial charge is 0.355 e. The zero-order valence-electron chi connectivity index (χ0n) is 9.30. The van der Waals surface area contributed by atoms with Crippen LogP contribution in [0.5, 0.6) is 0 Å². The first-order valence-corrected chi connectivity index (χ1v) is 6.04. The first-order valence-electron chi connectivity index (χ1n) is 6.04. The topological polar surface area (TPSA) is 44.4 Å². The predicted molar refractivity (Wildman–Crippen MR) is 59.7 cm³/mol. The minimum Gasteiger partial charge on any atom is -0.355 e. The second-order valence-electron chi connectivity index (χ2n) is 4.59. The van der Waals surface area contributed by atoms with Crippen LogP contribution in [-0.4, -0.2) is 50.1 Å². The Hall–Kier alpha value is -0.610. The Morgan fingerprint density at radius 1 is 1.33 bits per heavy atom. The van der Waals surface area contributed by atoms with Gasteiger partial charge in [0.2, 0.25) is 5.91 Å². The van der Waals surface area contributed by atoms with Crippen LogP contribution in [0.1, 0.15) is 19.3 Å². The molecule has 4 heteroatoms. The van der Waals surface area contributed by atoms with E-state index in [1.165, 1.54) is 25.9 Å². The van der Waals surface area contributed by atoms with Gasteiger partial charge < -0.3 is 15.5 Å². The van der Waals surface area contributed by atoms with Gasteiger partial charge in [-0.05, 0) is 38.4 Å². The van der Waals surface area contributed by atoms with Gasteiger partial charge in [0.15, 0.2) is 0 Å². The van der Waals surface area contributed by atoms with Crippen LogP contribution in [0.25, 0.3) is 0 Å². The summed E-state index contributed by atoms with van der Waals surface area (Å²) in [5.74, 6) is 1.07. The highest BCUT2D eigenvalue weighted by molar-refractivity contribution is 5.76. The average molecular weight is 211 g/mol. The van der Waals surface area contributed by atoms with Crippen LogP contribution in [0, 0.1) is 5.92 Å². The fraction of sp³-hybridized carbons (Fsp3) is 0.909. The maximum absolute atomic E-state index is 11.1. The molecular weight excluding hydrogens is 190 g/mol. The first kappa shape index (κ1) is 10.9. The molecule has 2 rings (SSSR count). The van der Waals surface area contributed by atoms with E-state index in [4.69, 9.17) is 0 Å². The van der Waals surface area contributed by atoms with E-state index in [-0.39, 0.29) is 5.91 Å². The zero-order chi connectivity index (χ0) is 10.5. The molecular formula is C11H21N3O. The van der Waals surface area contributed by atoms with E-state index in [9.17, 15) is 4.79 Å². The lowest BCUT2D eigenvalue weighted by molar-refractivity contribution is -0.120. The smallest absolute Gasteiger partial charge is 0.221 e. The molecule has 86 valence electrons. The summed E-state index contributed by atoms with van der Waals surface area (Å²) in [5, 5.41) is 6.30. The number of nitrogens with zero attached hydrogens (tertiary/aromatic N) is 1. The molecule has 0 aromatic rings. The van der Waals surface area contributed by atoms with E-state index in [0.29, 0.717) is 6.42 Å². The molecule has 0 aliphatic carbocycles. The Morgan fingerprint density at radius 3 is 3.07 bits per heavy atom. The van der Waals surface area contributed by atoms with Crippen molar-refractivity contribution in [2.24, 2.45) is 5.92 Å². The van der Waals surface area contributed by atoms with Crippen molar-refractivity contribution >= 4 is 5.91 Å². The summed E-state index contributed by atoms with van der Waals surface area (Å²) < 4.78 is 0. The zero-order valence-corrected chi connectivity index (χ0v) is 9.30. The molecule has 2 aliphatic rings. The normalized spacial score (nSPS) is 28.8. The van der Waals surface area contributed by atoms with Gasteiger partial charge in [-0.25, -0.2) is 0 Å². The molecule has 0 saturated carbocycles. The van der Waals surface area contributed by atoms with Gasteiger partial charge in [-0.15, -0.1) is 0 Å². The lowest BCUT2D eigenvalue weighted by Gasteiger charge is -2.20. The van der Waals surface area contributed by atoms with Gasteiger partial charge in [-0.2, -0.15) is 0 Å². The fourth-order valence-corrected chi connectivity index (χ4v) is 2.36. The van der Waals surface area contributed by atoms with Crippen molar-refractivity contribution in [3.63, 3.8) is 0 Å². The Kier molecular flexibility index (Phi) is 3.97. The molecule has 2 heterocycles. The highest BCUT2D eigenvalue weighted by atomic mass is 16.1. The molecule has 1 amide bonds. The molecule has 0 bridgehead atoms. The third-order valence-electron chi connectivity index (χ3n) is 3.42. The fourth-order valence-electron chi connectivity index (χ4n) is 2.36. The highest BCUT2D eigenvalue weighted by Crippen LogP contribution is 2.13. The second kappa shape index (κ2) is 5.47. The summed E-state index contributed by atoms with van der Waals surface area (Å²) in [4.78, 5) is 13.6. The van der Waals surface area contributed by atoms with Gasteiger partial charge in [-0.3, -0.25) is 4.79 Å². The van der Waals surface area contributed by atoms with Crippen LogP contribution < -0.4 is 10.6 Å². The van der Waals surface area contributed by atoms with Crippen molar-refractivity contribution in [1.82, 2.24) is 15.5 Å². The summed E-state index contributed by atoms with van der Waals surface area (Å²) in [6, 6.07) is 0. The van der Waals surface area contributed by atoms with Crippen LogP contribution in [0.4, 0.5) is 0 Å². The molecule has 2 fully saturated rings. The quantitative estimate of drug-likeness (QED) is 0.680. The number of nitrogens with one attached hydrogen (secondary N) is 2. The Balaban J connectivity index is 1.67. The number of rotatable bonds is 3.